The normalized spacial score (nSPS) is 10.2. The van der Waals surface area contributed by atoms with Crippen LogP contribution in [-0.2, 0) is 0 Å². The van der Waals surface area contributed by atoms with E-state index in [9.17, 15) is 4.79 Å². The topological polar surface area (TPSA) is 94.0 Å². The zero-order valence-electron chi connectivity index (χ0n) is 9.71. The Morgan fingerprint density at radius 3 is 2.75 bits per heavy atom. The molecule has 5 nitrogen and oxygen atoms in total. The Labute approximate surface area is 95.2 Å². The number of anilines is 1. The summed E-state index contributed by atoms with van der Waals surface area (Å²) in [5.41, 5.74) is 12.9. The monoisotopic (exact) mass is 222 g/mol. The number of carbonyl (C=O) groups is 1. The molecule has 5 heteroatoms. The Kier molecular flexibility index (Phi) is 4.25. The fraction of sp³-hybridized carbons (Fsp3) is 0.455. The van der Waals surface area contributed by atoms with Crippen LogP contribution in [0.5, 0.6) is 0 Å². The molecule has 0 unspecified atom stereocenters. The highest BCUT2D eigenvalue weighted by Crippen LogP contribution is 2.17. The summed E-state index contributed by atoms with van der Waals surface area (Å²) in [4.78, 5) is 15.6. The van der Waals surface area contributed by atoms with Gasteiger partial charge in [0.2, 0.25) is 0 Å². The lowest BCUT2D eigenvalue weighted by Gasteiger charge is -2.12. The molecule has 1 amide bonds. The van der Waals surface area contributed by atoms with Crippen molar-refractivity contribution in [2.45, 2.75) is 20.3 Å². The summed E-state index contributed by atoms with van der Waals surface area (Å²) in [5, 5.41) is 3.09. The lowest BCUT2D eigenvalue weighted by atomic mass is 10.1. The number of hydrogen-bond donors (Lipinski definition) is 3. The third kappa shape index (κ3) is 2.93. The van der Waals surface area contributed by atoms with Crippen LogP contribution in [0, 0.1) is 13.8 Å². The van der Waals surface area contributed by atoms with Gasteiger partial charge in [0.1, 0.15) is 5.82 Å². The van der Waals surface area contributed by atoms with E-state index in [2.05, 4.69) is 10.3 Å². The molecule has 0 aliphatic heterocycles. The Balaban J connectivity index is 2.99. The number of hydrogen-bond acceptors (Lipinski definition) is 4. The molecule has 5 N–H and O–H groups in total. The van der Waals surface area contributed by atoms with E-state index in [0.717, 1.165) is 17.7 Å². The SMILES string of the molecule is Cc1cc(C)c(C(N)=O)c(NCCCN)n1. The Morgan fingerprint density at radius 1 is 1.50 bits per heavy atom. The fourth-order valence-electron chi connectivity index (χ4n) is 1.58. The largest absolute Gasteiger partial charge is 0.369 e. The number of primary amides is 1. The van der Waals surface area contributed by atoms with Gasteiger partial charge in [0.15, 0.2) is 0 Å². The molecule has 1 rings (SSSR count). The van der Waals surface area contributed by atoms with Crippen LogP contribution in [0.3, 0.4) is 0 Å². The second-order valence-electron chi connectivity index (χ2n) is 3.74. The minimum absolute atomic E-state index is 0.458. The summed E-state index contributed by atoms with van der Waals surface area (Å²) < 4.78 is 0. The van der Waals surface area contributed by atoms with Gasteiger partial charge in [-0.05, 0) is 38.4 Å². The molecule has 1 heterocycles. The van der Waals surface area contributed by atoms with Gasteiger partial charge in [-0.25, -0.2) is 4.98 Å². The van der Waals surface area contributed by atoms with Crippen molar-refractivity contribution >= 4 is 11.7 Å². The van der Waals surface area contributed by atoms with Crippen LogP contribution in [0.15, 0.2) is 6.07 Å². The van der Waals surface area contributed by atoms with Crippen molar-refractivity contribution in [2.75, 3.05) is 18.4 Å². The summed E-state index contributed by atoms with van der Waals surface area (Å²) in [6.07, 6.45) is 0.826. The maximum absolute atomic E-state index is 11.3. The minimum Gasteiger partial charge on any atom is -0.369 e. The predicted molar refractivity (Wildman–Crippen MR) is 64.4 cm³/mol. The molecule has 0 aliphatic carbocycles. The molecule has 0 atom stereocenters. The van der Waals surface area contributed by atoms with Crippen LogP contribution >= 0.6 is 0 Å². The molecule has 0 aliphatic rings. The minimum atomic E-state index is -0.458. The van der Waals surface area contributed by atoms with Gasteiger partial charge in [-0.1, -0.05) is 0 Å². The van der Waals surface area contributed by atoms with E-state index in [0.29, 0.717) is 24.5 Å². The maximum atomic E-state index is 11.3. The number of nitrogens with zero attached hydrogens (tertiary/aromatic N) is 1. The van der Waals surface area contributed by atoms with E-state index in [1.165, 1.54) is 0 Å². The molecule has 0 saturated heterocycles. The third-order valence-electron chi connectivity index (χ3n) is 2.26. The lowest BCUT2D eigenvalue weighted by molar-refractivity contribution is 0.1000. The highest BCUT2D eigenvalue weighted by molar-refractivity contribution is 5.99. The predicted octanol–water partition coefficient (Wildman–Crippen LogP) is 0.558. The van der Waals surface area contributed by atoms with Crippen LogP contribution in [0.1, 0.15) is 28.0 Å². The summed E-state index contributed by atoms with van der Waals surface area (Å²) >= 11 is 0. The quantitative estimate of drug-likeness (QED) is 0.634. The van der Waals surface area contributed by atoms with E-state index in [-0.39, 0.29) is 0 Å². The molecule has 0 spiro atoms. The molecule has 88 valence electrons. The van der Waals surface area contributed by atoms with Crippen molar-refractivity contribution in [3.8, 4) is 0 Å². The number of amides is 1. The van der Waals surface area contributed by atoms with Gasteiger partial charge >= 0.3 is 0 Å². The van der Waals surface area contributed by atoms with Crippen molar-refractivity contribution in [1.29, 1.82) is 0 Å². The first-order valence-corrected chi connectivity index (χ1v) is 5.28. The molecule has 0 radical (unpaired) electrons. The van der Waals surface area contributed by atoms with Crippen molar-refractivity contribution in [1.82, 2.24) is 4.98 Å². The molecular weight excluding hydrogens is 204 g/mol. The fourth-order valence-corrected chi connectivity index (χ4v) is 1.58. The van der Waals surface area contributed by atoms with E-state index >= 15 is 0 Å². The Morgan fingerprint density at radius 2 is 2.19 bits per heavy atom. The van der Waals surface area contributed by atoms with E-state index in [4.69, 9.17) is 11.5 Å². The third-order valence-corrected chi connectivity index (χ3v) is 2.26. The van der Waals surface area contributed by atoms with E-state index < -0.39 is 5.91 Å². The first-order valence-electron chi connectivity index (χ1n) is 5.28. The zero-order chi connectivity index (χ0) is 12.1. The highest BCUT2D eigenvalue weighted by Gasteiger charge is 2.13. The van der Waals surface area contributed by atoms with Gasteiger partial charge in [0.05, 0.1) is 5.56 Å². The summed E-state index contributed by atoms with van der Waals surface area (Å²) in [5.74, 6) is 0.0960. The van der Waals surface area contributed by atoms with Crippen molar-refractivity contribution in [3.05, 3.63) is 22.9 Å². The number of carbonyl (C=O) groups excluding carboxylic acids is 1. The van der Waals surface area contributed by atoms with Gasteiger partial charge in [-0.3, -0.25) is 4.79 Å². The number of nitrogens with one attached hydrogen (secondary N) is 1. The van der Waals surface area contributed by atoms with Crippen LogP contribution in [0.4, 0.5) is 5.82 Å². The van der Waals surface area contributed by atoms with Crippen LogP contribution < -0.4 is 16.8 Å². The van der Waals surface area contributed by atoms with Crippen molar-refractivity contribution in [3.63, 3.8) is 0 Å². The first-order chi connectivity index (χ1) is 7.56. The molecule has 0 bridgehead atoms. The lowest BCUT2D eigenvalue weighted by Crippen LogP contribution is -2.19. The molecule has 0 aromatic carbocycles. The number of nitrogens with two attached hydrogens (primary N) is 2. The number of aryl methyl sites for hydroxylation is 2. The van der Waals surface area contributed by atoms with Crippen LogP contribution in [0.2, 0.25) is 0 Å². The van der Waals surface area contributed by atoms with Crippen molar-refractivity contribution in [2.24, 2.45) is 11.5 Å². The maximum Gasteiger partial charge on any atom is 0.252 e. The van der Waals surface area contributed by atoms with E-state index in [1.54, 1.807) is 0 Å². The molecule has 1 aromatic heterocycles. The smallest absolute Gasteiger partial charge is 0.252 e. The second-order valence-corrected chi connectivity index (χ2v) is 3.74. The Hall–Kier alpha value is -1.62. The summed E-state index contributed by atoms with van der Waals surface area (Å²) in [7, 11) is 0. The number of pyridine rings is 1. The van der Waals surface area contributed by atoms with Crippen LogP contribution in [0.25, 0.3) is 0 Å². The molecular formula is C11H18N4O. The number of aromatic nitrogens is 1. The van der Waals surface area contributed by atoms with Gasteiger partial charge < -0.3 is 16.8 Å². The van der Waals surface area contributed by atoms with Crippen molar-refractivity contribution < 1.29 is 4.79 Å². The summed E-state index contributed by atoms with van der Waals surface area (Å²) in [6, 6.07) is 1.84. The van der Waals surface area contributed by atoms with Crippen LogP contribution in [-0.4, -0.2) is 24.0 Å². The highest BCUT2D eigenvalue weighted by atomic mass is 16.1. The molecule has 1 aromatic rings. The number of rotatable bonds is 5. The standard InChI is InChI=1S/C11H18N4O/c1-7-6-8(2)15-11(9(7)10(13)16)14-5-3-4-12/h6H,3-5,12H2,1-2H3,(H2,13,16)(H,14,15). The van der Waals surface area contributed by atoms with Gasteiger partial charge in [0.25, 0.3) is 5.91 Å². The summed E-state index contributed by atoms with van der Waals surface area (Å²) in [6.45, 7) is 5.02. The molecule has 16 heavy (non-hydrogen) atoms. The van der Waals surface area contributed by atoms with Gasteiger partial charge in [-0.15, -0.1) is 0 Å². The molecule has 0 fully saturated rings. The second kappa shape index (κ2) is 5.46. The van der Waals surface area contributed by atoms with Gasteiger partial charge in [-0.2, -0.15) is 0 Å². The zero-order valence-corrected chi connectivity index (χ0v) is 9.71. The molecule has 0 saturated carbocycles. The van der Waals surface area contributed by atoms with E-state index in [1.807, 2.05) is 19.9 Å². The average Bonchev–Trinajstić information content (AvgIpc) is 2.16. The van der Waals surface area contributed by atoms with Gasteiger partial charge in [0, 0.05) is 12.2 Å². The average molecular weight is 222 g/mol. The first kappa shape index (κ1) is 12.4. The Bertz CT molecular complexity index is 390.